The zero-order valence-corrected chi connectivity index (χ0v) is 18.7. The summed E-state index contributed by atoms with van der Waals surface area (Å²) in [5.41, 5.74) is -6.06. The quantitative estimate of drug-likeness (QED) is 0.242. The van der Waals surface area contributed by atoms with Crippen LogP contribution in [0.3, 0.4) is 0 Å². The number of hydrogen-bond acceptors (Lipinski definition) is 6. The number of likely N-dealkylation sites (tertiary alicyclic amines) is 1. The van der Waals surface area contributed by atoms with E-state index in [0.717, 1.165) is 6.20 Å². The average molecular weight is 513 g/mol. The molecule has 13 heteroatoms. The fourth-order valence-corrected chi connectivity index (χ4v) is 4.25. The second-order valence-electron chi connectivity index (χ2n) is 8.81. The zero-order valence-electron chi connectivity index (χ0n) is 18.7. The van der Waals surface area contributed by atoms with Crippen molar-refractivity contribution in [2.24, 2.45) is 16.1 Å². The van der Waals surface area contributed by atoms with Crippen LogP contribution < -0.4 is 0 Å². The van der Waals surface area contributed by atoms with Crippen molar-refractivity contribution < 1.29 is 35.6 Å². The van der Waals surface area contributed by atoms with Gasteiger partial charge in [0, 0.05) is 49.1 Å². The van der Waals surface area contributed by atoms with Crippen LogP contribution in [0.5, 0.6) is 0 Å². The summed E-state index contributed by atoms with van der Waals surface area (Å²) in [5.74, 6) is -5.58. The highest BCUT2D eigenvalue weighted by Crippen LogP contribution is 2.49. The van der Waals surface area contributed by atoms with Crippen molar-refractivity contribution in [2.45, 2.75) is 30.8 Å². The Balaban J connectivity index is 1.49. The Morgan fingerprint density at radius 3 is 2.44 bits per heavy atom. The van der Waals surface area contributed by atoms with Gasteiger partial charge in [-0.1, -0.05) is 12.1 Å². The SMILES string of the molecule is CC(C=NC#N)CN1CC(F)(c2ccc(C3=NOC(c4cc(F)c(F)c(F)c4)(C(F)(F)F)C3)cn2)C1. The van der Waals surface area contributed by atoms with E-state index in [9.17, 15) is 26.3 Å². The van der Waals surface area contributed by atoms with E-state index in [0.29, 0.717) is 6.54 Å². The van der Waals surface area contributed by atoms with E-state index in [2.05, 4.69) is 20.0 Å². The molecule has 2 aromatic rings. The Morgan fingerprint density at radius 1 is 1.22 bits per heavy atom. The number of pyridine rings is 1. The predicted molar refractivity (Wildman–Crippen MR) is 113 cm³/mol. The van der Waals surface area contributed by atoms with Gasteiger partial charge >= 0.3 is 6.18 Å². The van der Waals surface area contributed by atoms with Crippen LogP contribution in [0.1, 0.15) is 30.2 Å². The van der Waals surface area contributed by atoms with Crippen LogP contribution in [0.15, 0.2) is 40.6 Å². The van der Waals surface area contributed by atoms with E-state index in [-0.39, 0.29) is 48.1 Å². The molecule has 0 amide bonds. The van der Waals surface area contributed by atoms with E-state index in [1.165, 1.54) is 18.3 Å². The molecule has 1 fully saturated rings. The third-order valence-corrected chi connectivity index (χ3v) is 6.07. The maximum atomic E-state index is 15.2. The lowest BCUT2D eigenvalue weighted by atomic mass is 9.86. The first-order valence-corrected chi connectivity index (χ1v) is 10.7. The molecule has 0 aliphatic carbocycles. The van der Waals surface area contributed by atoms with Crippen LogP contribution in [0.4, 0.5) is 30.7 Å². The molecular formula is C23H18F7N5O. The summed E-state index contributed by atoms with van der Waals surface area (Å²) >= 11 is 0. The maximum Gasteiger partial charge on any atom is 0.435 e. The van der Waals surface area contributed by atoms with E-state index in [4.69, 9.17) is 5.26 Å². The third-order valence-electron chi connectivity index (χ3n) is 6.07. The summed E-state index contributed by atoms with van der Waals surface area (Å²) in [7, 11) is 0. The summed E-state index contributed by atoms with van der Waals surface area (Å²) in [5, 5.41) is 11.9. The molecule has 6 nitrogen and oxygen atoms in total. The van der Waals surface area contributed by atoms with Crippen LogP contribution in [0, 0.1) is 34.8 Å². The minimum Gasteiger partial charge on any atom is -0.374 e. The van der Waals surface area contributed by atoms with Gasteiger partial charge in [-0.2, -0.15) is 23.4 Å². The standard InChI is InChI=1S/C23H18F7N5O/c1-13(7-32-12-31)9-35-10-21(27,11-35)19-3-2-14(8-33-19)18-6-22(36-34-18,23(28,29)30)15-4-16(24)20(26)17(25)5-15/h2-5,7-8,13H,6,9-11H2,1H3. The van der Waals surface area contributed by atoms with Gasteiger partial charge in [0.2, 0.25) is 6.19 Å². The molecule has 0 saturated carbocycles. The highest BCUT2D eigenvalue weighted by Gasteiger charge is 2.62. The smallest absolute Gasteiger partial charge is 0.374 e. The number of benzene rings is 1. The molecule has 1 aromatic carbocycles. The highest BCUT2D eigenvalue weighted by atomic mass is 19.4. The number of hydrogen-bond donors (Lipinski definition) is 0. The van der Waals surface area contributed by atoms with Crippen molar-refractivity contribution >= 4 is 11.9 Å². The van der Waals surface area contributed by atoms with Gasteiger partial charge in [0.25, 0.3) is 5.60 Å². The Bertz CT molecular complexity index is 1230. The molecule has 2 atom stereocenters. The van der Waals surface area contributed by atoms with Crippen LogP contribution in [-0.2, 0) is 16.1 Å². The van der Waals surface area contributed by atoms with Crippen LogP contribution in [-0.4, -0.2) is 47.6 Å². The number of alkyl halides is 4. The van der Waals surface area contributed by atoms with Crippen LogP contribution >= 0.6 is 0 Å². The first-order chi connectivity index (χ1) is 16.9. The average Bonchev–Trinajstić information content (AvgIpc) is 3.27. The molecule has 0 spiro atoms. The molecule has 0 radical (unpaired) electrons. The minimum atomic E-state index is -5.16. The Kier molecular flexibility index (Phi) is 6.51. The molecule has 0 N–H and O–H groups in total. The molecule has 3 heterocycles. The molecule has 2 aliphatic heterocycles. The predicted octanol–water partition coefficient (Wildman–Crippen LogP) is 4.75. The second-order valence-corrected chi connectivity index (χ2v) is 8.81. The Hall–Kier alpha value is -3.53. The van der Waals surface area contributed by atoms with E-state index >= 15 is 4.39 Å². The monoisotopic (exact) mass is 513 g/mol. The molecule has 190 valence electrons. The van der Waals surface area contributed by atoms with Crippen molar-refractivity contribution in [1.82, 2.24) is 9.88 Å². The molecule has 1 saturated heterocycles. The molecule has 2 unspecified atom stereocenters. The zero-order chi connectivity index (χ0) is 26.3. The number of halogens is 7. The fraction of sp³-hybridized carbons (Fsp3) is 0.391. The lowest BCUT2D eigenvalue weighted by Gasteiger charge is -2.44. The van der Waals surface area contributed by atoms with Gasteiger partial charge < -0.3 is 4.84 Å². The summed E-state index contributed by atoms with van der Waals surface area (Å²) < 4.78 is 97.8. The molecule has 0 bridgehead atoms. The van der Waals surface area contributed by atoms with E-state index in [1.54, 1.807) is 11.1 Å². The van der Waals surface area contributed by atoms with Gasteiger partial charge in [0.15, 0.2) is 23.1 Å². The summed E-state index contributed by atoms with van der Waals surface area (Å²) in [6.45, 7) is 2.37. The third kappa shape index (κ3) is 4.53. The summed E-state index contributed by atoms with van der Waals surface area (Å²) in [6.07, 6.45) is -1.87. The summed E-state index contributed by atoms with van der Waals surface area (Å²) in [6, 6.07) is 3.08. The highest BCUT2D eigenvalue weighted by molar-refractivity contribution is 6.01. The van der Waals surface area contributed by atoms with Crippen molar-refractivity contribution in [3.63, 3.8) is 0 Å². The molecular weight excluding hydrogens is 495 g/mol. The Morgan fingerprint density at radius 2 is 1.89 bits per heavy atom. The second kappa shape index (κ2) is 9.16. The van der Waals surface area contributed by atoms with Gasteiger partial charge in [-0.05, 0) is 24.3 Å². The first kappa shape index (κ1) is 25.6. The topological polar surface area (TPSA) is 73.9 Å². The number of rotatable bonds is 6. The fourth-order valence-electron chi connectivity index (χ4n) is 4.25. The van der Waals surface area contributed by atoms with E-state index in [1.807, 2.05) is 6.92 Å². The van der Waals surface area contributed by atoms with Crippen molar-refractivity contribution in [1.29, 1.82) is 5.26 Å². The van der Waals surface area contributed by atoms with Gasteiger partial charge in [0.1, 0.15) is 0 Å². The molecule has 36 heavy (non-hydrogen) atoms. The van der Waals surface area contributed by atoms with E-state index < -0.39 is 46.9 Å². The van der Waals surface area contributed by atoms with Gasteiger partial charge in [-0.3, -0.25) is 9.88 Å². The number of aromatic nitrogens is 1. The number of nitriles is 1. The largest absolute Gasteiger partial charge is 0.435 e. The van der Waals surface area contributed by atoms with Crippen LogP contribution in [0.25, 0.3) is 0 Å². The lowest BCUT2D eigenvalue weighted by Crippen LogP contribution is -2.58. The summed E-state index contributed by atoms with van der Waals surface area (Å²) in [4.78, 5) is 14.0. The van der Waals surface area contributed by atoms with Gasteiger partial charge in [-0.25, -0.2) is 17.6 Å². The Labute approximate surface area is 200 Å². The van der Waals surface area contributed by atoms with Gasteiger partial charge in [0.05, 0.1) is 17.8 Å². The lowest BCUT2D eigenvalue weighted by molar-refractivity contribution is -0.276. The van der Waals surface area contributed by atoms with Crippen molar-refractivity contribution in [3.05, 3.63) is 64.7 Å². The normalized spacial score (nSPS) is 22.6. The molecule has 4 rings (SSSR count). The van der Waals surface area contributed by atoms with Crippen LogP contribution in [0.2, 0.25) is 0 Å². The first-order valence-electron chi connectivity index (χ1n) is 10.7. The van der Waals surface area contributed by atoms with Gasteiger partial charge in [-0.15, -0.1) is 0 Å². The molecule has 2 aliphatic rings. The number of oxime groups is 1. The van der Waals surface area contributed by atoms with Crippen molar-refractivity contribution in [2.75, 3.05) is 19.6 Å². The maximum absolute atomic E-state index is 15.2. The number of aliphatic imine (C=N–C) groups is 1. The van der Waals surface area contributed by atoms with Crippen molar-refractivity contribution in [3.8, 4) is 6.19 Å². The number of nitrogens with zero attached hydrogens (tertiary/aromatic N) is 5. The minimum absolute atomic E-state index is 0.0347. The molecule has 1 aromatic heterocycles.